The molecule has 158 valence electrons. The van der Waals surface area contributed by atoms with E-state index in [1.165, 1.54) is 0 Å². The number of amides is 1. The van der Waals surface area contributed by atoms with Crippen LogP contribution in [-0.4, -0.2) is 51.5 Å². The Balaban J connectivity index is 2.48. The number of carbonyl (C=O) groups excluding carboxylic acids is 1. The van der Waals surface area contributed by atoms with Crippen molar-refractivity contribution in [3.05, 3.63) is 29.8 Å². The van der Waals surface area contributed by atoms with E-state index in [4.69, 9.17) is 9.88 Å². The highest BCUT2D eigenvalue weighted by Gasteiger charge is 2.16. The van der Waals surface area contributed by atoms with E-state index in [0.717, 1.165) is 12.0 Å². The van der Waals surface area contributed by atoms with E-state index in [2.05, 4.69) is 20.9 Å². The topological polar surface area (TPSA) is 135 Å². The summed E-state index contributed by atoms with van der Waals surface area (Å²) in [6.07, 6.45) is 0.236. The number of nitrogens with one attached hydrogen (secondary N) is 3. The Morgan fingerprint density at radius 3 is 2.36 bits per heavy atom. The average Bonchev–Trinajstić information content (AvgIpc) is 2.53. The highest BCUT2D eigenvalue weighted by molar-refractivity contribution is 7.89. The van der Waals surface area contributed by atoms with Crippen LogP contribution in [0.15, 0.2) is 29.3 Å². The number of primary sulfonamides is 1. The van der Waals surface area contributed by atoms with Crippen LogP contribution in [-0.2, 0) is 21.2 Å². The number of rotatable bonds is 8. The van der Waals surface area contributed by atoms with Gasteiger partial charge in [-0.05, 0) is 51.8 Å². The lowest BCUT2D eigenvalue weighted by Gasteiger charge is -2.19. The molecule has 0 unspecified atom stereocenters. The monoisotopic (exact) mass is 413 g/mol. The van der Waals surface area contributed by atoms with Gasteiger partial charge in [-0.2, -0.15) is 0 Å². The van der Waals surface area contributed by atoms with Gasteiger partial charge in [-0.1, -0.05) is 12.1 Å². The molecule has 0 radical (unpaired) electrons. The Morgan fingerprint density at radius 2 is 1.82 bits per heavy atom. The minimum Gasteiger partial charge on any atom is -0.444 e. The standard InChI is InChI=1S/C18H31N5O4S/c1-5-20-16(22-12-13-28(19,25)26)21-11-10-14-6-8-15(9-7-14)23-17(24)27-18(2,3)4/h6-9H,5,10-13H2,1-4H3,(H,23,24)(H2,19,25,26)(H2,20,21,22). The molecule has 0 bridgehead atoms. The average molecular weight is 414 g/mol. The van der Waals surface area contributed by atoms with Crippen LogP contribution in [0.2, 0.25) is 0 Å². The zero-order chi connectivity index (χ0) is 21.2. The number of hydrogen-bond acceptors (Lipinski definition) is 5. The van der Waals surface area contributed by atoms with Gasteiger partial charge < -0.3 is 15.4 Å². The van der Waals surface area contributed by atoms with Crippen molar-refractivity contribution >= 4 is 27.8 Å². The van der Waals surface area contributed by atoms with Crippen LogP contribution in [0.1, 0.15) is 33.3 Å². The molecule has 1 rings (SSSR count). The molecule has 0 aliphatic carbocycles. The van der Waals surface area contributed by atoms with Crippen molar-refractivity contribution in [1.82, 2.24) is 10.6 Å². The van der Waals surface area contributed by atoms with E-state index in [0.29, 0.717) is 24.7 Å². The van der Waals surface area contributed by atoms with Gasteiger partial charge in [-0.25, -0.2) is 18.4 Å². The fourth-order valence-corrected chi connectivity index (χ4v) is 2.47. The molecule has 0 aromatic heterocycles. The summed E-state index contributed by atoms with van der Waals surface area (Å²) in [7, 11) is -3.52. The molecule has 0 saturated carbocycles. The summed E-state index contributed by atoms with van der Waals surface area (Å²) in [6.45, 7) is 8.71. The molecule has 1 amide bonds. The maximum atomic E-state index is 11.8. The van der Waals surface area contributed by atoms with Crippen molar-refractivity contribution in [2.75, 3.05) is 30.7 Å². The number of ether oxygens (including phenoxy) is 1. The second-order valence-corrected chi connectivity index (χ2v) is 8.86. The minimum absolute atomic E-state index is 0.0964. The van der Waals surface area contributed by atoms with Crippen molar-refractivity contribution < 1.29 is 17.9 Å². The van der Waals surface area contributed by atoms with Crippen molar-refractivity contribution in [2.45, 2.75) is 39.7 Å². The summed E-state index contributed by atoms with van der Waals surface area (Å²) in [5.41, 5.74) is 1.18. The van der Waals surface area contributed by atoms with Crippen molar-refractivity contribution in [3.8, 4) is 0 Å². The first-order valence-electron chi connectivity index (χ1n) is 9.10. The zero-order valence-electron chi connectivity index (χ0n) is 16.9. The number of nitrogens with two attached hydrogens (primary N) is 1. The smallest absolute Gasteiger partial charge is 0.412 e. The Hall–Kier alpha value is -2.33. The van der Waals surface area contributed by atoms with Gasteiger partial charge in [-0.15, -0.1) is 0 Å². The predicted octanol–water partition coefficient (Wildman–Crippen LogP) is 1.42. The van der Waals surface area contributed by atoms with Gasteiger partial charge in [0, 0.05) is 18.8 Å². The van der Waals surface area contributed by atoms with Crippen LogP contribution >= 0.6 is 0 Å². The number of nitrogens with zero attached hydrogens (tertiary/aromatic N) is 1. The quantitative estimate of drug-likeness (QED) is 0.376. The lowest BCUT2D eigenvalue weighted by Crippen LogP contribution is -2.38. The Bertz CT molecular complexity index is 755. The van der Waals surface area contributed by atoms with Gasteiger partial charge in [-0.3, -0.25) is 10.3 Å². The Morgan fingerprint density at radius 1 is 1.18 bits per heavy atom. The SMILES string of the molecule is CCNC(=NCCS(N)(=O)=O)NCCc1ccc(NC(=O)OC(C)(C)C)cc1. The van der Waals surface area contributed by atoms with E-state index in [1.54, 1.807) is 0 Å². The summed E-state index contributed by atoms with van der Waals surface area (Å²) in [5, 5.41) is 13.8. The molecule has 1 aromatic carbocycles. The fourth-order valence-electron chi connectivity index (χ4n) is 2.13. The summed E-state index contributed by atoms with van der Waals surface area (Å²) in [4.78, 5) is 15.9. The van der Waals surface area contributed by atoms with E-state index < -0.39 is 21.7 Å². The number of carbonyl (C=O) groups is 1. The molecule has 0 fully saturated rings. The number of anilines is 1. The number of aliphatic imine (C=N–C) groups is 1. The maximum absolute atomic E-state index is 11.8. The Kier molecular flexibility index (Phi) is 9.20. The molecule has 0 aliphatic heterocycles. The molecule has 5 N–H and O–H groups in total. The third-order valence-corrected chi connectivity index (χ3v) is 4.05. The van der Waals surface area contributed by atoms with E-state index in [-0.39, 0.29) is 12.3 Å². The molecule has 10 heteroatoms. The lowest BCUT2D eigenvalue weighted by atomic mass is 10.1. The number of benzene rings is 1. The largest absolute Gasteiger partial charge is 0.444 e. The van der Waals surface area contributed by atoms with Crippen LogP contribution in [0, 0.1) is 0 Å². The van der Waals surface area contributed by atoms with Crippen LogP contribution in [0.25, 0.3) is 0 Å². The minimum atomic E-state index is -3.52. The molecule has 0 heterocycles. The summed E-state index contributed by atoms with van der Waals surface area (Å²) < 4.78 is 27.1. The molecule has 0 spiro atoms. The molecule has 0 saturated heterocycles. The normalized spacial score (nSPS) is 12.4. The van der Waals surface area contributed by atoms with Crippen LogP contribution in [0.3, 0.4) is 0 Å². The van der Waals surface area contributed by atoms with Gasteiger partial charge in [0.2, 0.25) is 10.0 Å². The van der Waals surface area contributed by atoms with Gasteiger partial charge in [0.25, 0.3) is 0 Å². The van der Waals surface area contributed by atoms with Crippen molar-refractivity contribution in [3.63, 3.8) is 0 Å². The molecule has 1 aromatic rings. The van der Waals surface area contributed by atoms with Gasteiger partial charge in [0.1, 0.15) is 5.60 Å². The van der Waals surface area contributed by atoms with E-state index in [9.17, 15) is 13.2 Å². The van der Waals surface area contributed by atoms with E-state index >= 15 is 0 Å². The molecular weight excluding hydrogens is 382 g/mol. The van der Waals surface area contributed by atoms with Crippen LogP contribution < -0.4 is 21.1 Å². The summed E-state index contributed by atoms with van der Waals surface area (Å²) in [5.74, 6) is 0.338. The van der Waals surface area contributed by atoms with Crippen molar-refractivity contribution in [2.24, 2.45) is 10.1 Å². The number of hydrogen-bond donors (Lipinski definition) is 4. The molecule has 28 heavy (non-hydrogen) atoms. The summed E-state index contributed by atoms with van der Waals surface area (Å²) in [6, 6.07) is 7.45. The van der Waals surface area contributed by atoms with Crippen LogP contribution in [0.4, 0.5) is 10.5 Å². The first-order valence-corrected chi connectivity index (χ1v) is 10.8. The third-order valence-electron chi connectivity index (χ3n) is 3.30. The third kappa shape index (κ3) is 11.4. The summed E-state index contributed by atoms with van der Waals surface area (Å²) >= 11 is 0. The fraction of sp³-hybridized carbons (Fsp3) is 0.556. The number of sulfonamides is 1. The van der Waals surface area contributed by atoms with Gasteiger partial charge >= 0.3 is 6.09 Å². The molecule has 0 atom stereocenters. The highest BCUT2D eigenvalue weighted by atomic mass is 32.2. The predicted molar refractivity (Wildman–Crippen MR) is 112 cm³/mol. The first kappa shape index (κ1) is 23.7. The molecule has 9 nitrogen and oxygen atoms in total. The second-order valence-electron chi connectivity index (χ2n) is 7.13. The second kappa shape index (κ2) is 10.9. The zero-order valence-corrected chi connectivity index (χ0v) is 17.7. The first-order chi connectivity index (χ1) is 13.0. The maximum Gasteiger partial charge on any atom is 0.412 e. The number of guanidine groups is 1. The van der Waals surface area contributed by atoms with Crippen LogP contribution in [0.5, 0.6) is 0 Å². The molecular formula is C18H31N5O4S. The van der Waals surface area contributed by atoms with Crippen molar-refractivity contribution in [1.29, 1.82) is 0 Å². The Labute approximate surface area is 167 Å². The van der Waals surface area contributed by atoms with Gasteiger partial charge in [0.15, 0.2) is 5.96 Å². The lowest BCUT2D eigenvalue weighted by molar-refractivity contribution is 0.0636. The van der Waals surface area contributed by atoms with Gasteiger partial charge in [0.05, 0.1) is 12.3 Å². The highest BCUT2D eigenvalue weighted by Crippen LogP contribution is 2.13. The van der Waals surface area contributed by atoms with E-state index in [1.807, 2.05) is 52.0 Å². The molecule has 0 aliphatic rings.